The zero-order valence-corrected chi connectivity index (χ0v) is 12.8. The van der Waals surface area contributed by atoms with Gasteiger partial charge in [0, 0.05) is 13.0 Å². The molecule has 0 amide bonds. The van der Waals surface area contributed by atoms with Gasteiger partial charge in [0.05, 0.1) is 17.7 Å². The van der Waals surface area contributed by atoms with Crippen molar-refractivity contribution in [1.29, 1.82) is 0 Å². The molecule has 0 bridgehead atoms. The van der Waals surface area contributed by atoms with Crippen molar-refractivity contribution in [2.45, 2.75) is 44.7 Å². The average Bonchev–Trinajstić information content (AvgIpc) is 2.82. The molecular formula is C15H13F6N3O. The maximum absolute atomic E-state index is 13.1. The van der Waals surface area contributed by atoms with Crippen LogP contribution in [0.3, 0.4) is 0 Å². The predicted octanol–water partition coefficient (Wildman–Crippen LogP) is 3.47. The lowest BCUT2D eigenvalue weighted by Crippen LogP contribution is -2.28. The minimum absolute atomic E-state index is 0.382. The van der Waals surface area contributed by atoms with Gasteiger partial charge in [-0.2, -0.15) is 31.4 Å². The van der Waals surface area contributed by atoms with Crippen molar-refractivity contribution in [1.82, 2.24) is 14.3 Å². The van der Waals surface area contributed by atoms with Gasteiger partial charge in [-0.25, -0.2) is 9.48 Å². The summed E-state index contributed by atoms with van der Waals surface area (Å²) in [6.45, 7) is -0.263. The molecule has 0 N–H and O–H groups in total. The van der Waals surface area contributed by atoms with Crippen LogP contribution in [0.2, 0.25) is 0 Å². The lowest BCUT2D eigenvalue weighted by molar-refractivity contribution is -0.141. The molecule has 0 unspecified atom stereocenters. The Balaban J connectivity index is 2.06. The Morgan fingerprint density at radius 2 is 1.76 bits per heavy atom. The number of aromatic nitrogens is 3. The number of halogens is 6. The first kappa shape index (κ1) is 17.6. The quantitative estimate of drug-likeness (QED) is 0.765. The van der Waals surface area contributed by atoms with Crippen molar-refractivity contribution in [3.8, 4) is 0 Å². The second-order valence-electron chi connectivity index (χ2n) is 5.83. The predicted molar refractivity (Wildman–Crippen MR) is 75.0 cm³/mol. The third kappa shape index (κ3) is 3.42. The van der Waals surface area contributed by atoms with E-state index < -0.39 is 41.3 Å². The first-order valence-electron chi connectivity index (χ1n) is 7.51. The van der Waals surface area contributed by atoms with Crippen LogP contribution in [0.4, 0.5) is 26.3 Å². The number of benzene rings is 1. The van der Waals surface area contributed by atoms with Gasteiger partial charge in [-0.1, -0.05) is 0 Å². The van der Waals surface area contributed by atoms with Crippen molar-refractivity contribution in [2.75, 3.05) is 0 Å². The Bertz CT molecular complexity index is 846. The fraction of sp³-hybridized carbons (Fsp3) is 0.467. The molecule has 3 rings (SSSR count). The largest absolute Gasteiger partial charge is 0.416 e. The van der Waals surface area contributed by atoms with Gasteiger partial charge in [-0.05, 0) is 36.6 Å². The van der Waals surface area contributed by atoms with Gasteiger partial charge in [-0.3, -0.25) is 4.57 Å². The van der Waals surface area contributed by atoms with Gasteiger partial charge in [0.1, 0.15) is 5.82 Å². The summed E-state index contributed by atoms with van der Waals surface area (Å²) in [7, 11) is 0. The molecule has 1 aromatic heterocycles. The molecule has 0 spiro atoms. The highest BCUT2D eigenvalue weighted by molar-refractivity contribution is 5.35. The van der Waals surface area contributed by atoms with Crippen LogP contribution >= 0.6 is 0 Å². The summed E-state index contributed by atoms with van der Waals surface area (Å²) in [5, 5.41) is 3.98. The van der Waals surface area contributed by atoms with Gasteiger partial charge in [-0.15, -0.1) is 0 Å². The molecule has 1 aliphatic heterocycles. The summed E-state index contributed by atoms with van der Waals surface area (Å²) < 4.78 is 80.0. The molecule has 2 aromatic rings. The van der Waals surface area contributed by atoms with Gasteiger partial charge in [0.25, 0.3) is 0 Å². The third-order valence-corrected chi connectivity index (χ3v) is 4.09. The number of hydrogen-bond acceptors (Lipinski definition) is 2. The minimum Gasteiger partial charge on any atom is -0.279 e. The van der Waals surface area contributed by atoms with E-state index in [0.29, 0.717) is 37.0 Å². The monoisotopic (exact) mass is 365 g/mol. The minimum atomic E-state index is -4.83. The Labute approximate surface area is 137 Å². The Hall–Kier alpha value is -2.26. The molecule has 136 valence electrons. The van der Waals surface area contributed by atoms with Crippen molar-refractivity contribution < 1.29 is 26.3 Å². The summed E-state index contributed by atoms with van der Waals surface area (Å²) in [6.07, 6.45) is -7.56. The normalized spacial score (nSPS) is 15.3. The second-order valence-corrected chi connectivity index (χ2v) is 5.83. The summed E-state index contributed by atoms with van der Waals surface area (Å²) in [5.74, 6) is 0.441. The van der Waals surface area contributed by atoms with E-state index in [1.54, 1.807) is 0 Å². The molecule has 0 fully saturated rings. The highest BCUT2D eigenvalue weighted by Gasteiger charge is 2.37. The number of nitrogens with zero attached hydrogens (tertiary/aromatic N) is 3. The first-order chi connectivity index (χ1) is 11.6. The van der Waals surface area contributed by atoms with Crippen LogP contribution in [-0.2, 0) is 31.9 Å². The van der Waals surface area contributed by atoms with Crippen LogP contribution in [0.1, 0.15) is 35.4 Å². The highest BCUT2D eigenvalue weighted by Crippen LogP contribution is 2.36. The van der Waals surface area contributed by atoms with E-state index in [1.165, 1.54) is 4.57 Å². The molecule has 0 atom stereocenters. The van der Waals surface area contributed by atoms with Crippen LogP contribution in [0.25, 0.3) is 0 Å². The molecule has 0 radical (unpaired) electrons. The maximum Gasteiger partial charge on any atom is 0.416 e. The Morgan fingerprint density at radius 3 is 2.36 bits per heavy atom. The zero-order chi connectivity index (χ0) is 18.4. The molecule has 4 nitrogen and oxygen atoms in total. The van der Waals surface area contributed by atoms with Crippen LogP contribution in [0.5, 0.6) is 0 Å². The summed E-state index contributed by atoms with van der Waals surface area (Å²) in [4.78, 5) is 12.2. The standard InChI is InChI=1S/C15H13F6N3O/c16-14(17,18)10-4-5-11(15(19,20)21)9(7-10)8-24-13(25)23-6-2-1-3-12(23)22-24/h4-5,7H,1-3,6,8H2. The smallest absolute Gasteiger partial charge is 0.279 e. The summed E-state index contributed by atoms with van der Waals surface area (Å²) in [6, 6.07) is 1.19. The van der Waals surface area contributed by atoms with Gasteiger partial charge in [0.2, 0.25) is 0 Å². The van der Waals surface area contributed by atoms with Gasteiger partial charge < -0.3 is 0 Å². The van der Waals surface area contributed by atoms with Crippen LogP contribution in [0, 0.1) is 0 Å². The van der Waals surface area contributed by atoms with E-state index in [1.807, 2.05) is 0 Å². The Morgan fingerprint density at radius 1 is 1.04 bits per heavy atom. The van der Waals surface area contributed by atoms with E-state index in [4.69, 9.17) is 0 Å². The molecule has 25 heavy (non-hydrogen) atoms. The molecule has 0 saturated carbocycles. The number of rotatable bonds is 2. The molecule has 1 aromatic carbocycles. The van der Waals surface area contributed by atoms with E-state index in [0.717, 1.165) is 17.5 Å². The third-order valence-electron chi connectivity index (χ3n) is 4.09. The second kappa shape index (κ2) is 5.92. The number of alkyl halides is 6. The van der Waals surface area contributed by atoms with E-state index in [9.17, 15) is 31.1 Å². The molecule has 2 heterocycles. The van der Waals surface area contributed by atoms with Crippen molar-refractivity contribution in [3.05, 3.63) is 51.2 Å². The molecular weight excluding hydrogens is 352 g/mol. The van der Waals surface area contributed by atoms with Crippen molar-refractivity contribution in [2.24, 2.45) is 0 Å². The van der Waals surface area contributed by atoms with Crippen molar-refractivity contribution in [3.63, 3.8) is 0 Å². The van der Waals surface area contributed by atoms with Crippen LogP contribution < -0.4 is 5.69 Å². The number of hydrogen-bond donors (Lipinski definition) is 0. The van der Waals surface area contributed by atoms with Crippen LogP contribution in [0.15, 0.2) is 23.0 Å². The fourth-order valence-corrected chi connectivity index (χ4v) is 2.89. The molecule has 10 heteroatoms. The molecule has 1 aliphatic rings. The molecule has 0 saturated heterocycles. The number of fused-ring (bicyclic) bond motifs is 1. The average molecular weight is 365 g/mol. The fourth-order valence-electron chi connectivity index (χ4n) is 2.89. The highest BCUT2D eigenvalue weighted by atomic mass is 19.4. The first-order valence-corrected chi connectivity index (χ1v) is 7.51. The van der Waals surface area contributed by atoms with Crippen LogP contribution in [-0.4, -0.2) is 14.3 Å². The summed E-state index contributed by atoms with van der Waals surface area (Å²) in [5.41, 5.74) is -3.66. The maximum atomic E-state index is 13.1. The van der Waals surface area contributed by atoms with Gasteiger partial charge in [0.15, 0.2) is 0 Å². The van der Waals surface area contributed by atoms with E-state index in [-0.39, 0.29) is 0 Å². The topological polar surface area (TPSA) is 39.8 Å². The lowest BCUT2D eigenvalue weighted by atomic mass is 10.0. The van der Waals surface area contributed by atoms with E-state index >= 15 is 0 Å². The molecule has 0 aliphatic carbocycles. The SMILES string of the molecule is O=c1n(Cc2cc(C(F)(F)F)ccc2C(F)(F)F)nc2n1CCCC2. The lowest BCUT2D eigenvalue weighted by Gasteiger charge is -2.15. The van der Waals surface area contributed by atoms with E-state index in [2.05, 4.69) is 5.10 Å². The summed E-state index contributed by atoms with van der Waals surface area (Å²) >= 11 is 0. The van der Waals surface area contributed by atoms with Crippen molar-refractivity contribution >= 4 is 0 Å². The number of aryl methyl sites for hydroxylation is 1. The zero-order valence-electron chi connectivity index (χ0n) is 12.8. The van der Waals surface area contributed by atoms with Gasteiger partial charge >= 0.3 is 18.0 Å². The Kier molecular flexibility index (Phi) is 4.16.